The second kappa shape index (κ2) is 7.43. The molecule has 142 valence electrons. The number of carbonyl (C=O) groups is 1. The lowest BCUT2D eigenvalue weighted by atomic mass is 10.2. The van der Waals surface area contributed by atoms with Gasteiger partial charge in [0, 0.05) is 19.7 Å². The van der Waals surface area contributed by atoms with E-state index in [0.717, 1.165) is 10.9 Å². The molecule has 0 aliphatic carbocycles. The molecule has 0 saturated carbocycles. The van der Waals surface area contributed by atoms with Crippen LogP contribution in [0.1, 0.15) is 12.2 Å². The molecule has 1 amide bonds. The Morgan fingerprint density at radius 2 is 2.14 bits per heavy atom. The molecule has 10 heteroatoms. The van der Waals surface area contributed by atoms with Crippen LogP contribution in [-0.2, 0) is 18.4 Å². The Bertz CT molecular complexity index is 1120. The Morgan fingerprint density at radius 3 is 2.89 bits per heavy atom. The number of anilines is 1. The summed E-state index contributed by atoms with van der Waals surface area (Å²) in [6.07, 6.45) is 3.52. The maximum atomic E-state index is 12.4. The first kappa shape index (κ1) is 17.6. The van der Waals surface area contributed by atoms with Crippen molar-refractivity contribution in [2.75, 3.05) is 5.32 Å². The van der Waals surface area contributed by atoms with Crippen molar-refractivity contribution in [1.29, 1.82) is 0 Å². The largest absolute Gasteiger partial charge is 0.455 e. The summed E-state index contributed by atoms with van der Waals surface area (Å²) in [7, 11) is 1.82. The number of hydrogen-bond acceptors (Lipinski definition) is 7. The average molecular weight is 378 g/mol. The van der Waals surface area contributed by atoms with Crippen LogP contribution in [0.3, 0.4) is 0 Å². The number of carbonyl (C=O) groups excluding carboxylic acids is 1. The van der Waals surface area contributed by atoms with Crippen LogP contribution in [0, 0.1) is 6.92 Å². The van der Waals surface area contributed by atoms with Gasteiger partial charge in [-0.2, -0.15) is 5.10 Å². The van der Waals surface area contributed by atoms with Crippen LogP contribution in [0.2, 0.25) is 0 Å². The molecule has 0 fully saturated rings. The number of ether oxygens (including phenoxy) is 1. The van der Waals surface area contributed by atoms with E-state index in [1.807, 2.05) is 31.3 Å². The zero-order valence-corrected chi connectivity index (χ0v) is 15.4. The number of fused-ring (bicyclic) bond motifs is 1. The molecule has 1 aromatic carbocycles. The number of nitrogens with one attached hydrogen (secondary N) is 1. The monoisotopic (exact) mass is 378 g/mol. The van der Waals surface area contributed by atoms with Crippen LogP contribution in [0.5, 0.6) is 11.5 Å². The predicted octanol–water partition coefficient (Wildman–Crippen LogP) is 2.08. The average Bonchev–Trinajstić information content (AvgIpc) is 3.25. The molecule has 10 nitrogen and oxygen atoms in total. The molecule has 28 heavy (non-hydrogen) atoms. The van der Waals surface area contributed by atoms with Crippen molar-refractivity contribution in [3.8, 4) is 11.5 Å². The Kier molecular flexibility index (Phi) is 4.67. The highest BCUT2D eigenvalue weighted by Gasteiger charge is 2.17. The molecular formula is C18H18N8O2. The van der Waals surface area contributed by atoms with Crippen molar-refractivity contribution >= 4 is 22.6 Å². The van der Waals surface area contributed by atoms with Crippen LogP contribution in [-0.4, -0.2) is 40.9 Å². The molecule has 0 aliphatic heterocycles. The molecule has 0 atom stereocenters. The van der Waals surface area contributed by atoms with Gasteiger partial charge >= 0.3 is 0 Å². The first-order valence-electron chi connectivity index (χ1n) is 8.68. The maximum Gasteiger partial charge on any atom is 0.227 e. The van der Waals surface area contributed by atoms with Crippen LogP contribution in [0.25, 0.3) is 10.9 Å². The van der Waals surface area contributed by atoms with Crippen molar-refractivity contribution in [2.45, 2.75) is 19.9 Å². The van der Waals surface area contributed by atoms with Gasteiger partial charge in [0.2, 0.25) is 5.91 Å². The zero-order valence-electron chi connectivity index (χ0n) is 15.4. The van der Waals surface area contributed by atoms with E-state index in [1.54, 1.807) is 34.7 Å². The third kappa shape index (κ3) is 3.52. The normalized spacial score (nSPS) is 10.9. The number of aromatic nitrogens is 7. The highest BCUT2D eigenvalue weighted by atomic mass is 16.5. The summed E-state index contributed by atoms with van der Waals surface area (Å²) in [4.78, 5) is 16.5. The molecule has 0 aliphatic rings. The second-order valence-electron chi connectivity index (χ2n) is 6.16. The van der Waals surface area contributed by atoms with Crippen molar-refractivity contribution in [2.24, 2.45) is 7.05 Å². The predicted molar refractivity (Wildman–Crippen MR) is 101 cm³/mol. The number of hydrogen-bond donors (Lipinski definition) is 1. The summed E-state index contributed by atoms with van der Waals surface area (Å²) in [5.41, 5.74) is 0.841. The zero-order chi connectivity index (χ0) is 19.5. The van der Waals surface area contributed by atoms with E-state index in [-0.39, 0.29) is 12.3 Å². The summed E-state index contributed by atoms with van der Waals surface area (Å²) in [6.45, 7) is 2.17. The van der Waals surface area contributed by atoms with E-state index in [9.17, 15) is 4.79 Å². The van der Waals surface area contributed by atoms with Gasteiger partial charge in [-0.05, 0) is 41.6 Å². The molecule has 0 spiro atoms. The van der Waals surface area contributed by atoms with Gasteiger partial charge in [0.1, 0.15) is 17.3 Å². The molecule has 0 radical (unpaired) electrons. The first-order valence-corrected chi connectivity index (χ1v) is 8.68. The van der Waals surface area contributed by atoms with E-state index in [1.165, 1.54) is 0 Å². The fraction of sp³-hybridized carbons (Fsp3) is 0.222. The van der Waals surface area contributed by atoms with Crippen molar-refractivity contribution in [3.63, 3.8) is 0 Å². The maximum absolute atomic E-state index is 12.4. The Morgan fingerprint density at radius 1 is 1.25 bits per heavy atom. The number of rotatable bonds is 6. The fourth-order valence-corrected chi connectivity index (χ4v) is 2.85. The third-order valence-electron chi connectivity index (χ3n) is 4.22. The molecule has 4 aromatic rings. The second-order valence-corrected chi connectivity index (χ2v) is 6.16. The van der Waals surface area contributed by atoms with Gasteiger partial charge in [-0.15, -0.1) is 5.10 Å². The van der Waals surface area contributed by atoms with Crippen molar-refractivity contribution in [1.82, 2.24) is 35.0 Å². The number of aryl methyl sites for hydroxylation is 3. The summed E-state index contributed by atoms with van der Waals surface area (Å²) >= 11 is 0. The van der Waals surface area contributed by atoms with E-state index in [0.29, 0.717) is 29.7 Å². The Balaban J connectivity index is 1.58. The number of pyridine rings is 1. The van der Waals surface area contributed by atoms with Crippen molar-refractivity contribution < 1.29 is 9.53 Å². The number of amides is 1. The first-order chi connectivity index (χ1) is 13.6. The van der Waals surface area contributed by atoms with Crippen molar-refractivity contribution in [3.05, 3.63) is 48.5 Å². The Hall–Kier alpha value is -3.82. The molecule has 3 heterocycles. The molecule has 0 saturated heterocycles. The number of benzene rings is 1. The van der Waals surface area contributed by atoms with E-state index in [2.05, 4.69) is 30.9 Å². The smallest absolute Gasteiger partial charge is 0.227 e. The van der Waals surface area contributed by atoms with E-state index < -0.39 is 0 Å². The lowest BCUT2D eigenvalue weighted by Gasteiger charge is -2.08. The lowest BCUT2D eigenvalue weighted by Crippen LogP contribution is -2.16. The minimum Gasteiger partial charge on any atom is -0.455 e. The van der Waals surface area contributed by atoms with Crippen LogP contribution < -0.4 is 10.1 Å². The van der Waals surface area contributed by atoms with E-state index in [4.69, 9.17) is 4.74 Å². The van der Waals surface area contributed by atoms with Gasteiger partial charge in [0.05, 0.1) is 23.6 Å². The molecule has 4 rings (SSSR count). The minimum atomic E-state index is -0.189. The Labute approximate surface area is 160 Å². The fourth-order valence-electron chi connectivity index (χ4n) is 2.85. The molecule has 1 N–H and O–H groups in total. The standard InChI is InChI=1S/C18H18N8O2/c1-12-21-23-24-26(12)10-8-16(27)20-18-17-14(25(2)22-18)6-3-7-15(17)28-13-5-4-9-19-11-13/h3-7,9,11H,8,10H2,1-2H3,(H,20,22,27). The van der Waals surface area contributed by atoms with E-state index >= 15 is 0 Å². The van der Waals surface area contributed by atoms with Crippen LogP contribution in [0.15, 0.2) is 42.7 Å². The molecule has 0 bridgehead atoms. The molecular weight excluding hydrogens is 360 g/mol. The topological polar surface area (TPSA) is 113 Å². The third-order valence-corrected chi connectivity index (χ3v) is 4.22. The van der Waals surface area contributed by atoms with Crippen LogP contribution >= 0.6 is 0 Å². The summed E-state index contributed by atoms with van der Waals surface area (Å²) in [5.74, 6) is 2.10. The lowest BCUT2D eigenvalue weighted by molar-refractivity contribution is -0.116. The number of tetrazole rings is 1. The molecule has 3 aromatic heterocycles. The highest BCUT2D eigenvalue weighted by molar-refractivity contribution is 6.02. The number of nitrogens with zero attached hydrogens (tertiary/aromatic N) is 7. The molecule has 0 unspecified atom stereocenters. The van der Waals surface area contributed by atoms with Gasteiger partial charge in [0.15, 0.2) is 5.82 Å². The SMILES string of the molecule is Cc1nnnn1CCC(=O)Nc1nn(C)c2cccc(Oc3cccnc3)c12. The quantitative estimate of drug-likeness (QED) is 0.546. The summed E-state index contributed by atoms with van der Waals surface area (Å²) in [6, 6.07) is 9.23. The highest BCUT2D eigenvalue weighted by Crippen LogP contribution is 2.34. The summed E-state index contributed by atoms with van der Waals surface area (Å²) < 4.78 is 9.24. The van der Waals surface area contributed by atoms with Gasteiger partial charge in [-0.3, -0.25) is 14.5 Å². The van der Waals surface area contributed by atoms with Gasteiger partial charge in [0.25, 0.3) is 0 Å². The summed E-state index contributed by atoms with van der Waals surface area (Å²) in [5, 5.41) is 19.2. The van der Waals surface area contributed by atoms with Gasteiger partial charge < -0.3 is 10.1 Å². The van der Waals surface area contributed by atoms with Crippen LogP contribution in [0.4, 0.5) is 5.82 Å². The van der Waals surface area contributed by atoms with Gasteiger partial charge in [-0.1, -0.05) is 6.07 Å². The minimum absolute atomic E-state index is 0.189. The van der Waals surface area contributed by atoms with Gasteiger partial charge in [-0.25, -0.2) is 4.68 Å².